The number of hydrogen-bond donors (Lipinski definition) is 2. The first-order valence-corrected chi connectivity index (χ1v) is 9.51. The highest BCUT2D eigenvalue weighted by atomic mass is 79.9. The third-order valence-corrected chi connectivity index (χ3v) is 4.90. The first kappa shape index (κ1) is 18.3. The van der Waals surface area contributed by atoms with E-state index < -0.39 is 0 Å². The van der Waals surface area contributed by atoms with Gasteiger partial charge in [-0.15, -0.1) is 11.8 Å². The molecule has 5 nitrogen and oxygen atoms in total. The highest BCUT2D eigenvalue weighted by Crippen LogP contribution is 2.21. The number of nitrogens with one attached hydrogen (secondary N) is 2. The zero-order valence-electron chi connectivity index (χ0n) is 13.6. The Kier molecular flexibility index (Phi) is 6.14. The van der Waals surface area contributed by atoms with Gasteiger partial charge in [-0.1, -0.05) is 15.9 Å². The summed E-state index contributed by atoms with van der Waals surface area (Å²) >= 11 is 4.78. The summed E-state index contributed by atoms with van der Waals surface area (Å²) in [6.07, 6.45) is 1.45. The molecule has 2 N–H and O–H groups in total. The number of benzene rings is 2. The van der Waals surface area contributed by atoms with Gasteiger partial charge in [-0.05, 0) is 60.7 Å². The van der Waals surface area contributed by atoms with Gasteiger partial charge in [-0.2, -0.15) is 0 Å². The van der Waals surface area contributed by atoms with Gasteiger partial charge in [0.1, 0.15) is 0 Å². The van der Waals surface area contributed by atoms with Crippen LogP contribution in [0.2, 0.25) is 0 Å². The summed E-state index contributed by atoms with van der Waals surface area (Å²) < 4.78 is 6.01. The summed E-state index contributed by atoms with van der Waals surface area (Å²) in [7, 11) is 0. The highest BCUT2D eigenvalue weighted by molar-refractivity contribution is 9.10. The van der Waals surface area contributed by atoms with Crippen molar-refractivity contribution in [2.75, 3.05) is 16.4 Å². The molecule has 0 fully saturated rings. The molecule has 1 aromatic heterocycles. The fourth-order valence-corrected chi connectivity index (χ4v) is 3.08. The second-order valence-corrected chi connectivity index (χ2v) is 7.26. The molecule has 0 aliphatic heterocycles. The van der Waals surface area contributed by atoms with Crippen molar-refractivity contribution < 1.29 is 14.0 Å². The van der Waals surface area contributed by atoms with Crippen LogP contribution in [0.3, 0.4) is 0 Å². The lowest BCUT2D eigenvalue weighted by atomic mass is 10.3. The summed E-state index contributed by atoms with van der Waals surface area (Å²) in [5.74, 6) is 0.179. The maximum absolute atomic E-state index is 12.0. The van der Waals surface area contributed by atoms with Gasteiger partial charge in [0, 0.05) is 20.7 Å². The average Bonchev–Trinajstić information content (AvgIpc) is 3.18. The van der Waals surface area contributed by atoms with E-state index in [4.69, 9.17) is 4.42 Å². The zero-order valence-corrected chi connectivity index (χ0v) is 16.0. The van der Waals surface area contributed by atoms with Crippen LogP contribution in [-0.4, -0.2) is 17.6 Å². The van der Waals surface area contributed by atoms with Crippen LogP contribution < -0.4 is 10.6 Å². The number of rotatable bonds is 6. The van der Waals surface area contributed by atoms with E-state index in [0.717, 1.165) is 15.1 Å². The van der Waals surface area contributed by atoms with Crippen LogP contribution in [0.1, 0.15) is 10.6 Å². The molecular formula is C19H15BrN2O3S. The van der Waals surface area contributed by atoms with Crippen LogP contribution >= 0.6 is 27.7 Å². The Hall–Kier alpha value is -2.51. The Morgan fingerprint density at radius 2 is 1.58 bits per heavy atom. The zero-order chi connectivity index (χ0) is 18.4. The predicted molar refractivity (Wildman–Crippen MR) is 107 cm³/mol. The molecule has 1 heterocycles. The topological polar surface area (TPSA) is 71.3 Å². The minimum absolute atomic E-state index is 0.0764. The Morgan fingerprint density at radius 1 is 0.923 bits per heavy atom. The molecule has 0 saturated carbocycles. The predicted octanol–water partition coefficient (Wildman–Crippen LogP) is 5.03. The first-order valence-electron chi connectivity index (χ1n) is 7.73. The van der Waals surface area contributed by atoms with Crippen LogP contribution in [-0.2, 0) is 4.79 Å². The molecule has 2 amide bonds. The van der Waals surface area contributed by atoms with Crippen molar-refractivity contribution in [3.05, 3.63) is 77.2 Å². The van der Waals surface area contributed by atoms with Gasteiger partial charge in [-0.3, -0.25) is 9.59 Å². The van der Waals surface area contributed by atoms with Crippen LogP contribution in [0, 0.1) is 0 Å². The van der Waals surface area contributed by atoms with Crippen LogP contribution in [0.25, 0.3) is 0 Å². The van der Waals surface area contributed by atoms with Gasteiger partial charge in [0.15, 0.2) is 5.76 Å². The molecule has 0 aliphatic rings. The molecule has 0 aliphatic carbocycles. The van der Waals surface area contributed by atoms with Crippen LogP contribution in [0.15, 0.2) is 80.7 Å². The largest absolute Gasteiger partial charge is 0.459 e. The van der Waals surface area contributed by atoms with E-state index in [2.05, 4.69) is 26.6 Å². The van der Waals surface area contributed by atoms with E-state index in [1.54, 1.807) is 24.3 Å². The summed E-state index contributed by atoms with van der Waals surface area (Å²) in [4.78, 5) is 24.8. The quantitative estimate of drug-likeness (QED) is 0.538. The molecule has 3 rings (SSSR count). The molecular weight excluding hydrogens is 416 g/mol. The van der Waals surface area contributed by atoms with Gasteiger partial charge < -0.3 is 15.1 Å². The standard InChI is InChI=1S/C19H15BrN2O3S/c20-13-3-5-14(6-4-13)21-18(23)12-26-16-9-7-15(8-10-16)22-19(24)17-2-1-11-25-17/h1-11H,12H2,(H,21,23)(H,22,24). The summed E-state index contributed by atoms with van der Waals surface area (Å²) in [5.41, 5.74) is 1.42. The Balaban J connectivity index is 1.48. The number of hydrogen-bond acceptors (Lipinski definition) is 4. The number of carbonyl (C=O) groups excluding carboxylic acids is 2. The van der Waals surface area contributed by atoms with E-state index in [1.807, 2.05) is 36.4 Å². The molecule has 0 spiro atoms. The van der Waals surface area contributed by atoms with Gasteiger partial charge in [-0.25, -0.2) is 0 Å². The second-order valence-electron chi connectivity index (χ2n) is 5.30. The van der Waals surface area contributed by atoms with Crippen molar-refractivity contribution >= 4 is 50.9 Å². The van der Waals surface area contributed by atoms with Gasteiger partial charge in [0.25, 0.3) is 5.91 Å². The summed E-state index contributed by atoms with van der Waals surface area (Å²) in [5, 5.41) is 5.59. The normalized spacial score (nSPS) is 10.3. The second kappa shape index (κ2) is 8.73. The molecule has 0 radical (unpaired) electrons. The molecule has 0 unspecified atom stereocenters. The third-order valence-electron chi connectivity index (χ3n) is 3.36. The van der Waals surface area contributed by atoms with E-state index in [9.17, 15) is 9.59 Å². The fourth-order valence-electron chi connectivity index (χ4n) is 2.11. The summed E-state index contributed by atoms with van der Waals surface area (Å²) in [6.45, 7) is 0. The average molecular weight is 431 g/mol. The Labute approximate surface area is 163 Å². The van der Waals surface area contributed by atoms with Crippen molar-refractivity contribution in [2.45, 2.75) is 4.90 Å². The van der Waals surface area contributed by atoms with Crippen LogP contribution in [0.5, 0.6) is 0 Å². The fraction of sp³-hybridized carbons (Fsp3) is 0.0526. The third kappa shape index (κ3) is 5.24. The number of halogens is 1. The van der Waals surface area contributed by atoms with E-state index in [0.29, 0.717) is 11.4 Å². The molecule has 0 saturated heterocycles. The Bertz CT molecular complexity index is 878. The van der Waals surface area contributed by atoms with Crippen molar-refractivity contribution in [2.24, 2.45) is 0 Å². The maximum atomic E-state index is 12.0. The van der Waals surface area contributed by atoms with Gasteiger partial charge in [0.2, 0.25) is 5.91 Å². The number of amides is 2. The first-order chi connectivity index (χ1) is 12.6. The number of anilines is 2. The SMILES string of the molecule is O=C(CSc1ccc(NC(=O)c2ccco2)cc1)Nc1ccc(Br)cc1. The maximum Gasteiger partial charge on any atom is 0.291 e. The summed E-state index contributed by atoms with van der Waals surface area (Å²) in [6, 6.07) is 18.0. The lowest BCUT2D eigenvalue weighted by molar-refractivity contribution is -0.113. The smallest absolute Gasteiger partial charge is 0.291 e. The number of carbonyl (C=O) groups is 2. The molecule has 2 aromatic carbocycles. The molecule has 132 valence electrons. The van der Waals surface area contributed by atoms with Crippen molar-refractivity contribution in [3.8, 4) is 0 Å². The molecule has 0 atom stereocenters. The van der Waals surface area contributed by atoms with Gasteiger partial charge >= 0.3 is 0 Å². The van der Waals surface area contributed by atoms with Crippen molar-refractivity contribution in [1.82, 2.24) is 0 Å². The van der Waals surface area contributed by atoms with E-state index in [-0.39, 0.29) is 17.6 Å². The highest BCUT2D eigenvalue weighted by Gasteiger charge is 2.09. The molecule has 7 heteroatoms. The molecule has 3 aromatic rings. The van der Waals surface area contributed by atoms with E-state index in [1.165, 1.54) is 18.0 Å². The monoisotopic (exact) mass is 430 g/mol. The lowest BCUT2D eigenvalue weighted by Gasteiger charge is -2.07. The van der Waals surface area contributed by atoms with Crippen molar-refractivity contribution in [1.29, 1.82) is 0 Å². The number of furan rings is 1. The van der Waals surface area contributed by atoms with E-state index >= 15 is 0 Å². The van der Waals surface area contributed by atoms with Gasteiger partial charge in [0.05, 0.1) is 12.0 Å². The van der Waals surface area contributed by atoms with Crippen molar-refractivity contribution in [3.63, 3.8) is 0 Å². The Morgan fingerprint density at radius 3 is 2.23 bits per heavy atom. The minimum atomic E-state index is -0.302. The molecule has 26 heavy (non-hydrogen) atoms. The molecule has 0 bridgehead atoms. The lowest BCUT2D eigenvalue weighted by Crippen LogP contribution is -2.13. The number of thioether (sulfide) groups is 1. The van der Waals surface area contributed by atoms with Crippen LogP contribution in [0.4, 0.5) is 11.4 Å². The minimum Gasteiger partial charge on any atom is -0.459 e.